The number of hydrogen-bond acceptors (Lipinski definition) is 8. The predicted octanol–water partition coefficient (Wildman–Crippen LogP) is 2.88. The van der Waals surface area contributed by atoms with E-state index in [1.807, 2.05) is 39.9 Å². The molecule has 1 aliphatic heterocycles. The maximum Gasteiger partial charge on any atom is 0.261 e. The third kappa shape index (κ3) is 8.69. The maximum absolute atomic E-state index is 12.7. The largest absolute Gasteiger partial charge is 0.497 e. The van der Waals surface area contributed by atoms with E-state index in [9.17, 15) is 23.3 Å². The molecule has 2 amide bonds. The molecule has 0 atom stereocenters. The van der Waals surface area contributed by atoms with Crippen LogP contribution in [0.2, 0.25) is 0 Å². The normalized spacial score (nSPS) is 12.5. The zero-order valence-electron chi connectivity index (χ0n) is 21.1. The fourth-order valence-electron chi connectivity index (χ4n) is 3.90. The van der Waals surface area contributed by atoms with Gasteiger partial charge in [0.25, 0.3) is 10.1 Å². The number of methoxy groups -OCH3 is 1. The lowest BCUT2D eigenvalue weighted by Gasteiger charge is -2.27. The molecular formula is C25H29N5O6S2. The van der Waals surface area contributed by atoms with Gasteiger partial charge in [0.2, 0.25) is 11.8 Å². The van der Waals surface area contributed by atoms with Crippen LogP contribution in [-0.4, -0.2) is 59.1 Å². The Bertz CT molecular complexity index is 1400. The number of fused-ring (bicyclic) bond motifs is 1. The van der Waals surface area contributed by atoms with Crippen molar-refractivity contribution in [1.29, 1.82) is 5.26 Å². The summed E-state index contributed by atoms with van der Waals surface area (Å²) in [4.78, 5) is 32.0. The highest BCUT2D eigenvalue weighted by Crippen LogP contribution is 2.37. The zero-order chi connectivity index (χ0) is 27.7. The molecule has 11 nitrogen and oxygen atoms in total. The topological polar surface area (TPSA) is 155 Å². The van der Waals surface area contributed by atoms with Crippen molar-refractivity contribution >= 4 is 38.3 Å². The molecule has 1 aliphatic rings. The number of nitrogens with zero attached hydrogens (tertiary/aromatic N) is 4. The summed E-state index contributed by atoms with van der Waals surface area (Å²) < 4.78 is 33.0. The van der Waals surface area contributed by atoms with Crippen LogP contribution in [0.3, 0.4) is 0 Å². The second-order valence-corrected chi connectivity index (χ2v) is 11.1. The number of ether oxygens (including phenoxy) is 1. The molecule has 0 spiro atoms. The number of benzene rings is 1. The lowest BCUT2D eigenvalue weighted by molar-refractivity contribution is -0.132. The van der Waals surface area contributed by atoms with Crippen molar-refractivity contribution in [1.82, 2.24) is 14.5 Å². The molecule has 2 N–H and O–H groups in total. The Morgan fingerprint density at radius 2 is 2.08 bits per heavy atom. The predicted molar refractivity (Wildman–Crippen MR) is 142 cm³/mol. The Hall–Kier alpha value is -3.73. The number of rotatable bonds is 8. The fourth-order valence-corrected chi connectivity index (χ4v) is 5.13. The van der Waals surface area contributed by atoms with Gasteiger partial charge in [0.1, 0.15) is 16.8 Å². The molecule has 0 fully saturated rings. The third-order valence-electron chi connectivity index (χ3n) is 5.69. The van der Waals surface area contributed by atoms with Crippen LogP contribution >= 0.6 is 11.3 Å². The van der Waals surface area contributed by atoms with Crippen LogP contribution in [0, 0.1) is 11.3 Å². The summed E-state index contributed by atoms with van der Waals surface area (Å²) in [6.07, 6.45) is 7.84. The van der Waals surface area contributed by atoms with Gasteiger partial charge in [0, 0.05) is 43.2 Å². The van der Waals surface area contributed by atoms with E-state index in [4.69, 9.17) is 9.29 Å². The lowest BCUT2D eigenvalue weighted by Crippen LogP contribution is -2.35. The van der Waals surface area contributed by atoms with Gasteiger partial charge in [-0.05, 0) is 36.1 Å². The van der Waals surface area contributed by atoms with Crippen molar-refractivity contribution in [3.8, 4) is 11.8 Å². The molecule has 38 heavy (non-hydrogen) atoms. The Kier molecular flexibility index (Phi) is 10.0. The lowest BCUT2D eigenvalue weighted by atomic mass is 10.0. The van der Waals surface area contributed by atoms with E-state index in [0.29, 0.717) is 62.1 Å². The van der Waals surface area contributed by atoms with Crippen LogP contribution in [0.25, 0.3) is 0 Å². The van der Waals surface area contributed by atoms with Crippen LogP contribution < -0.4 is 10.1 Å². The molecule has 0 saturated carbocycles. The van der Waals surface area contributed by atoms with E-state index in [-0.39, 0.29) is 11.8 Å². The molecule has 3 heterocycles. The van der Waals surface area contributed by atoms with Crippen molar-refractivity contribution in [3.63, 3.8) is 0 Å². The molecular weight excluding hydrogens is 530 g/mol. The van der Waals surface area contributed by atoms with Gasteiger partial charge < -0.3 is 19.5 Å². The summed E-state index contributed by atoms with van der Waals surface area (Å²) in [7, 11) is -2.05. The molecule has 0 saturated heterocycles. The number of nitriles is 1. The number of aromatic nitrogens is 2. The average Bonchev–Trinajstić information content (AvgIpc) is 3.52. The molecule has 0 bridgehead atoms. The van der Waals surface area contributed by atoms with Gasteiger partial charge in [-0.15, -0.1) is 11.3 Å². The van der Waals surface area contributed by atoms with E-state index in [1.165, 1.54) is 11.3 Å². The first-order valence-corrected chi connectivity index (χ1v) is 14.4. The molecule has 0 unspecified atom stereocenters. The summed E-state index contributed by atoms with van der Waals surface area (Å²) in [6, 6.07) is 9.89. The molecule has 0 radical (unpaired) electrons. The molecule has 1 aromatic carbocycles. The van der Waals surface area contributed by atoms with Gasteiger partial charge in [-0.25, -0.2) is 4.98 Å². The van der Waals surface area contributed by atoms with Crippen molar-refractivity contribution in [3.05, 3.63) is 64.6 Å². The Morgan fingerprint density at radius 3 is 2.74 bits per heavy atom. The van der Waals surface area contributed by atoms with Crippen molar-refractivity contribution in [2.24, 2.45) is 0 Å². The van der Waals surface area contributed by atoms with Gasteiger partial charge in [-0.2, -0.15) is 13.7 Å². The quantitative estimate of drug-likeness (QED) is 0.399. The molecule has 202 valence electrons. The Labute approximate surface area is 225 Å². The Balaban J connectivity index is 0.000000732. The fraction of sp³-hybridized carbons (Fsp3) is 0.360. The zero-order valence-corrected chi connectivity index (χ0v) is 22.7. The summed E-state index contributed by atoms with van der Waals surface area (Å²) >= 11 is 1.40. The van der Waals surface area contributed by atoms with E-state index in [2.05, 4.69) is 16.4 Å². The van der Waals surface area contributed by atoms with Crippen LogP contribution in [0.5, 0.6) is 5.75 Å². The summed E-state index contributed by atoms with van der Waals surface area (Å²) in [5.41, 5.74) is 2.49. The minimum Gasteiger partial charge on any atom is -0.497 e. The van der Waals surface area contributed by atoms with E-state index in [0.717, 1.165) is 21.8 Å². The van der Waals surface area contributed by atoms with Crippen LogP contribution in [0.15, 0.2) is 43.0 Å². The van der Waals surface area contributed by atoms with Crippen LogP contribution in [-0.2, 0) is 45.6 Å². The smallest absolute Gasteiger partial charge is 0.261 e. The Morgan fingerprint density at radius 1 is 1.32 bits per heavy atom. The number of anilines is 1. The summed E-state index contributed by atoms with van der Waals surface area (Å²) in [5.74, 6) is 0.695. The number of nitrogens with one attached hydrogen (secondary N) is 1. The number of hydrogen-bond donors (Lipinski definition) is 2. The van der Waals surface area contributed by atoms with Gasteiger partial charge >= 0.3 is 0 Å². The third-order valence-corrected chi connectivity index (χ3v) is 6.82. The highest BCUT2D eigenvalue weighted by molar-refractivity contribution is 7.85. The second-order valence-electron chi connectivity index (χ2n) is 8.57. The van der Waals surface area contributed by atoms with Gasteiger partial charge in [-0.1, -0.05) is 12.1 Å². The summed E-state index contributed by atoms with van der Waals surface area (Å²) in [5, 5.41) is 13.2. The van der Waals surface area contributed by atoms with Gasteiger partial charge in [0.15, 0.2) is 0 Å². The number of amides is 2. The standard InChI is InChI=1S/C24H25N5O3S.CH4O3S/c1-32-18-4-2-3-17(13-18)5-6-22(30)27-24-20(14-25)19-7-11-29(15-21(19)33-24)23(31)8-10-28-12-9-26-16-28;1-5(2,3)4/h2-4,9,12-13,16H,5-8,10-11,15H2,1H3,(H,27,30);1H3,(H,2,3,4). The van der Waals surface area contributed by atoms with Crippen LogP contribution in [0.1, 0.15) is 34.4 Å². The number of carbonyl (C=O) groups is 2. The average molecular weight is 560 g/mol. The molecule has 4 rings (SSSR count). The minimum absolute atomic E-state index is 0.0742. The van der Waals surface area contributed by atoms with Crippen molar-refractivity contribution < 1.29 is 27.3 Å². The number of thiophene rings is 1. The van der Waals surface area contributed by atoms with Crippen molar-refractivity contribution in [2.45, 2.75) is 38.8 Å². The maximum atomic E-state index is 12.7. The number of imidazole rings is 1. The molecule has 3 aromatic rings. The van der Waals surface area contributed by atoms with Crippen molar-refractivity contribution in [2.75, 3.05) is 25.2 Å². The van der Waals surface area contributed by atoms with Gasteiger partial charge in [-0.3, -0.25) is 14.1 Å². The molecule has 2 aromatic heterocycles. The SMILES string of the molecule is COc1cccc(CCC(=O)Nc2sc3c(c2C#N)CCN(C(=O)CCn2ccnc2)C3)c1.CS(=O)(=O)O. The first kappa shape index (κ1) is 28.8. The second kappa shape index (κ2) is 13.2. The molecule has 13 heteroatoms. The minimum atomic E-state index is -3.67. The number of carbonyl (C=O) groups excluding carboxylic acids is 2. The summed E-state index contributed by atoms with van der Waals surface area (Å²) in [6.45, 7) is 1.63. The molecule has 0 aliphatic carbocycles. The van der Waals surface area contributed by atoms with Gasteiger partial charge in [0.05, 0.1) is 31.8 Å². The highest BCUT2D eigenvalue weighted by atomic mass is 32.2. The highest BCUT2D eigenvalue weighted by Gasteiger charge is 2.27. The van der Waals surface area contributed by atoms with E-state index in [1.54, 1.807) is 19.6 Å². The first-order chi connectivity index (χ1) is 18.1. The van der Waals surface area contributed by atoms with Crippen LogP contribution in [0.4, 0.5) is 5.00 Å². The first-order valence-electron chi connectivity index (χ1n) is 11.7. The monoisotopic (exact) mass is 559 g/mol. The number of aryl methyl sites for hydroxylation is 2. The van der Waals surface area contributed by atoms with E-state index >= 15 is 0 Å². The van der Waals surface area contributed by atoms with E-state index < -0.39 is 10.1 Å².